The van der Waals surface area contributed by atoms with Crippen LogP contribution < -0.4 is 11.5 Å². The maximum absolute atomic E-state index is 5.49. The first-order chi connectivity index (χ1) is 7.31. The molecular weight excluding hydrogens is 196 g/mol. The van der Waals surface area contributed by atoms with Crippen LogP contribution >= 0.6 is 0 Å². The molecule has 5 nitrogen and oxygen atoms in total. The zero-order chi connectivity index (χ0) is 11.4. The molecule has 0 saturated carbocycles. The molecular formula is C10H24N2O3. The van der Waals surface area contributed by atoms with E-state index in [1.54, 1.807) is 0 Å². The largest absolute Gasteiger partial charge is 0.380 e. The van der Waals surface area contributed by atoms with E-state index in [4.69, 9.17) is 25.7 Å². The highest BCUT2D eigenvalue weighted by Gasteiger charge is 2.01. The van der Waals surface area contributed by atoms with Crippen molar-refractivity contribution in [2.24, 2.45) is 11.5 Å². The van der Waals surface area contributed by atoms with Crippen LogP contribution in [0.1, 0.15) is 13.3 Å². The van der Waals surface area contributed by atoms with E-state index < -0.39 is 0 Å². The lowest BCUT2D eigenvalue weighted by molar-refractivity contribution is -0.00163. The summed E-state index contributed by atoms with van der Waals surface area (Å²) in [5.74, 6) is 0. The van der Waals surface area contributed by atoms with Crippen molar-refractivity contribution in [1.29, 1.82) is 0 Å². The van der Waals surface area contributed by atoms with Gasteiger partial charge in [0.2, 0.25) is 0 Å². The Balaban J connectivity index is 3.08. The molecule has 0 fully saturated rings. The van der Waals surface area contributed by atoms with Crippen molar-refractivity contribution in [3.05, 3.63) is 0 Å². The van der Waals surface area contributed by atoms with E-state index in [2.05, 4.69) is 0 Å². The van der Waals surface area contributed by atoms with Gasteiger partial charge in [0.15, 0.2) is 0 Å². The lowest BCUT2D eigenvalue weighted by atomic mass is 10.3. The average molecular weight is 220 g/mol. The molecule has 4 N–H and O–H groups in total. The van der Waals surface area contributed by atoms with Gasteiger partial charge in [0.05, 0.1) is 32.5 Å². The number of rotatable bonds is 11. The van der Waals surface area contributed by atoms with Crippen LogP contribution in [0.3, 0.4) is 0 Å². The Hall–Kier alpha value is -0.200. The second kappa shape index (κ2) is 11.9. The number of hydrogen-bond acceptors (Lipinski definition) is 5. The molecule has 0 spiro atoms. The van der Waals surface area contributed by atoms with Crippen LogP contribution in [0.15, 0.2) is 0 Å². The molecule has 0 aromatic heterocycles. The van der Waals surface area contributed by atoms with E-state index in [9.17, 15) is 0 Å². The van der Waals surface area contributed by atoms with Crippen molar-refractivity contribution >= 4 is 0 Å². The Morgan fingerprint density at radius 1 is 0.867 bits per heavy atom. The summed E-state index contributed by atoms with van der Waals surface area (Å²) in [6.07, 6.45) is 1.08. The zero-order valence-electron chi connectivity index (χ0n) is 9.61. The lowest BCUT2D eigenvalue weighted by Crippen LogP contribution is -2.18. The standard InChI is InChI=1S/C10H24N2O3/c1-10(2-5-13-6-3-11)15-9-8-14-7-4-12/h10H,2-9,11-12H2,1H3. The van der Waals surface area contributed by atoms with E-state index in [0.717, 1.165) is 6.42 Å². The molecule has 92 valence electrons. The number of ether oxygens (including phenoxy) is 3. The van der Waals surface area contributed by atoms with E-state index in [0.29, 0.717) is 46.1 Å². The minimum Gasteiger partial charge on any atom is -0.380 e. The highest BCUT2D eigenvalue weighted by atomic mass is 16.5. The van der Waals surface area contributed by atoms with Gasteiger partial charge in [0.25, 0.3) is 0 Å². The molecule has 0 aliphatic rings. The second-order valence-electron chi connectivity index (χ2n) is 3.27. The van der Waals surface area contributed by atoms with Crippen LogP contribution in [0.25, 0.3) is 0 Å². The number of hydrogen-bond donors (Lipinski definition) is 2. The molecule has 0 amide bonds. The predicted molar refractivity (Wildman–Crippen MR) is 59.8 cm³/mol. The summed E-state index contributed by atoms with van der Waals surface area (Å²) in [5, 5.41) is 0. The van der Waals surface area contributed by atoms with Gasteiger partial charge < -0.3 is 25.7 Å². The van der Waals surface area contributed by atoms with Crippen molar-refractivity contribution in [3.63, 3.8) is 0 Å². The van der Waals surface area contributed by atoms with E-state index in [-0.39, 0.29) is 6.10 Å². The van der Waals surface area contributed by atoms with E-state index >= 15 is 0 Å². The van der Waals surface area contributed by atoms with Crippen LogP contribution in [-0.2, 0) is 14.2 Å². The van der Waals surface area contributed by atoms with Gasteiger partial charge in [-0.3, -0.25) is 0 Å². The molecule has 15 heavy (non-hydrogen) atoms. The number of nitrogens with two attached hydrogens (primary N) is 2. The molecule has 0 saturated heterocycles. The van der Waals surface area contributed by atoms with Crippen molar-refractivity contribution in [1.82, 2.24) is 0 Å². The fourth-order valence-electron chi connectivity index (χ4n) is 1.01. The summed E-state index contributed by atoms with van der Waals surface area (Å²) in [6, 6.07) is 0. The van der Waals surface area contributed by atoms with Crippen LogP contribution in [0.5, 0.6) is 0 Å². The SMILES string of the molecule is CC(CCOCCN)OCCOCCN. The summed E-state index contributed by atoms with van der Waals surface area (Å²) in [5.41, 5.74) is 10.6. The summed E-state index contributed by atoms with van der Waals surface area (Å²) in [6.45, 7) is 6.27. The Kier molecular flexibility index (Phi) is 11.7. The molecule has 0 bridgehead atoms. The Labute approximate surface area is 92.0 Å². The van der Waals surface area contributed by atoms with Crippen molar-refractivity contribution < 1.29 is 14.2 Å². The van der Waals surface area contributed by atoms with Gasteiger partial charge in [0.1, 0.15) is 0 Å². The predicted octanol–water partition coefficient (Wildman–Crippen LogP) is -0.268. The summed E-state index contributed by atoms with van der Waals surface area (Å²) in [7, 11) is 0. The van der Waals surface area contributed by atoms with Crippen molar-refractivity contribution in [3.8, 4) is 0 Å². The highest BCUT2D eigenvalue weighted by Crippen LogP contribution is 1.97. The molecule has 1 atom stereocenters. The van der Waals surface area contributed by atoms with Crippen LogP contribution in [0, 0.1) is 0 Å². The minimum absolute atomic E-state index is 0.198. The smallest absolute Gasteiger partial charge is 0.0704 e. The van der Waals surface area contributed by atoms with Gasteiger partial charge in [-0.1, -0.05) is 0 Å². The topological polar surface area (TPSA) is 79.7 Å². The lowest BCUT2D eigenvalue weighted by Gasteiger charge is -2.13. The first kappa shape index (κ1) is 14.8. The summed E-state index contributed by atoms with van der Waals surface area (Å²) >= 11 is 0. The van der Waals surface area contributed by atoms with Crippen LogP contribution in [0.4, 0.5) is 0 Å². The monoisotopic (exact) mass is 220 g/mol. The van der Waals surface area contributed by atoms with Gasteiger partial charge in [-0.15, -0.1) is 0 Å². The first-order valence-corrected chi connectivity index (χ1v) is 5.48. The quantitative estimate of drug-likeness (QED) is 0.469. The maximum Gasteiger partial charge on any atom is 0.0704 e. The summed E-state index contributed by atoms with van der Waals surface area (Å²) in [4.78, 5) is 0. The van der Waals surface area contributed by atoms with Crippen molar-refractivity contribution in [2.75, 3.05) is 46.1 Å². The van der Waals surface area contributed by atoms with Gasteiger partial charge in [-0.2, -0.15) is 0 Å². The summed E-state index contributed by atoms with van der Waals surface area (Å²) < 4.78 is 15.9. The second-order valence-corrected chi connectivity index (χ2v) is 3.27. The molecule has 0 aliphatic carbocycles. The van der Waals surface area contributed by atoms with Crippen LogP contribution in [-0.4, -0.2) is 52.2 Å². The molecule has 0 aliphatic heterocycles. The van der Waals surface area contributed by atoms with E-state index in [1.807, 2.05) is 6.92 Å². The third-order valence-electron chi connectivity index (χ3n) is 1.82. The Bertz CT molecular complexity index is 125. The average Bonchev–Trinajstić information content (AvgIpc) is 2.24. The third-order valence-corrected chi connectivity index (χ3v) is 1.82. The Morgan fingerprint density at radius 2 is 1.47 bits per heavy atom. The zero-order valence-corrected chi connectivity index (χ0v) is 9.61. The minimum atomic E-state index is 0.198. The van der Waals surface area contributed by atoms with Gasteiger partial charge in [-0.05, 0) is 13.3 Å². The van der Waals surface area contributed by atoms with Gasteiger partial charge in [-0.25, -0.2) is 0 Å². The fourth-order valence-corrected chi connectivity index (χ4v) is 1.01. The van der Waals surface area contributed by atoms with Crippen LogP contribution in [0.2, 0.25) is 0 Å². The maximum atomic E-state index is 5.49. The molecule has 0 radical (unpaired) electrons. The first-order valence-electron chi connectivity index (χ1n) is 5.48. The molecule has 0 aromatic rings. The van der Waals surface area contributed by atoms with Gasteiger partial charge in [0, 0.05) is 19.7 Å². The van der Waals surface area contributed by atoms with Crippen molar-refractivity contribution in [2.45, 2.75) is 19.4 Å². The highest BCUT2D eigenvalue weighted by molar-refractivity contribution is 4.49. The molecule has 0 heterocycles. The van der Waals surface area contributed by atoms with E-state index in [1.165, 1.54) is 0 Å². The molecule has 1 unspecified atom stereocenters. The Morgan fingerprint density at radius 3 is 2.07 bits per heavy atom. The molecule has 5 heteroatoms. The normalized spacial score (nSPS) is 13.0. The van der Waals surface area contributed by atoms with Gasteiger partial charge >= 0.3 is 0 Å². The fraction of sp³-hybridized carbons (Fsp3) is 1.00. The molecule has 0 aromatic carbocycles. The third kappa shape index (κ3) is 11.7. The molecule has 0 rings (SSSR count).